The Bertz CT molecular complexity index is 385. The largest absolute Gasteiger partial charge is 0.395 e. The molecular weight excluding hydrogens is 256 g/mol. The van der Waals surface area contributed by atoms with Gasteiger partial charge in [-0.05, 0) is 38.8 Å². The zero-order valence-electron chi connectivity index (χ0n) is 12.0. The highest BCUT2D eigenvalue weighted by atomic mass is 32.1. The summed E-state index contributed by atoms with van der Waals surface area (Å²) in [7, 11) is 0. The second kappa shape index (κ2) is 6.84. The van der Waals surface area contributed by atoms with Gasteiger partial charge in [-0.15, -0.1) is 11.3 Å². The van der Waals surface area contributed by atoms with Gasteiger partial charge in [0.2, 0.25) is 0 Å². The highest BCUT2D eigenvalue weighted by molar-refractivity contribution is 7.12. The summed E-state index contributed by atoms with van der Waals surface area (Å²) in [6.07, 6.45) is 5.10. The molecule has 108 valence electrons. The van der Waals surface area contributed by atoms with E-state index in [9.17, 15) is 5.11 Å². The van der Waals surface area contributed by atoms with E-state index in [0.29, 0.717) is 6.04 Å². The fraction of sp³-hybridized carbons (Fsp3) is 0.733. The third-order valence-corrected chi connectivity index (χ3v) is 5.13. The predicted molar refractivity (Wildman–Crippen MR) is 81.5 cm³/mol. The van der Waals surface area contributed by atoms with Crippen molar-refractivity contribution in [1.82, 2.24) is 4.90 Å². The van der Waals surface area contributed by atoms with Gasteiger partial charge >= 0.3 is 0 Å². The quantitative estimate of drug-likeness (QED) is 0.843. The fourth-order valence-corrected chi connectivity index (χ4v) is 4.35. The van der Waals surface area contributed by atoms with E-state index in [1.807, 2.05) is 11.3 Å². The van der Waals surface area contributed by atoms with Gasteiger partial charge in [0.25, 0.3) is 0 Å². The Hall–Kier alpha value is -0.420. The molecule has 0 bridgehead atoms. The van der Waals surface area contributed by atoms with Crippen LogP contribution >= 0.6 is 11.3 Å². The molecule has 1 aromatic rings. The Morgan fingerprint density at radius 2 is 2.11 bits per heavy atom. The van der Waals surface area contributed by atoms with Gasteiger partial charge in [-0.25, -0.2) is 0 Å². The Kier molecular flexibility index (Phi) is 5.39. The third kappa shape index (κ3) is 3.57. The van der Waals surface area contributed by atoms with Crippen LogP contribution in [0, 0.1) is 6.92 Å². The molecule has 19 heavy (non-hydrogen) atoms. The van der Waals surface area contributed by atoms with Crippen LogP contribution in [0.2, 0.25) is 0 Å². The molecule has 0 amide bonds. The summed E-state index contributed by atoms with van der Waals surface area (Å²) in [5.41, 5.74) is 6.26. The van der Waals surface area contributed by atoms with E-state index in [1.54, 1.807) is 0 Å². The van der Waals surface area contributed by atoms with Crippen LogP contribution in [0.4, 0.5) is 0 Å². The van der Waals surface area contributed by atoms with Gasteiger partial charge in [0.05, 0.1) is 12.6 Å². The van der Waals surface area contributed by atoms with Crippen molar-refractivity contribution in [3.63, 3.8) is 0 Å². The van der Waals surface area contributed by atoms with E-state index in [4.69, 9.17) is 5.73 Å². The van der Waals surface area contributed by atoms with Crippen molar-refractivity contribution in [2.75, 3.05) is 13.2 Å². The topological polar surface area (TPSA) is 49.5 Å². The van der Waals surface area contributed by atoms with Crippen LogP contribution in [0.3, 0.4) is 0 Å². The molecule has 1 aromatic heterocycles. The molecule has 3 nitrogen and oxygen atoms in total. The first-order valence-corrected chi connectivity index (χ1v) is 8.13. The molecule has 4 heteroatoms. The Labute approximate surface area is 120 Å². The molecule has 0 spiro atoms. The minimum atomic E-state index is 0.0881. The molecule has 3 N–H and O–H groups in total. The zero-order chi connectivity index (χ0) is 13.8. The molecule has 2 rings (SSSR count). The van der Waals surface area contributed by atoms with Crippen LogP contribution < -0.4 is 5.73 Å². The van der Waals surface area contributed by atoms with Gasteiger partial charge in [-0.2, -0.15) is 0 Å². The van der Waals surface area contributed by atoms with Crippen molar-refractivity contribution in [3.05, 3.63) is 21.9 Å². The molecule has 0 aliphatic heterocycles. The molecule has 1 heterocycles. The van der Waals surface area contributed by atoms with Crippen LogP contribution in [-0.4, -0.2) is 35.2 Å². The van der Waals surface area contributed by atoms with Crippen molar-refractivity contribution >= 4 is 11.3 Å². The lowest BCUT2D eigenvalue weighted by molar-refractivity contribution is 0.0940. The number of rotatable bonds is 6. The number of thiophene rings is 1. The van der Waals surface area contributed by atoms with E-state index in [-0.39, 0.29) is 18.7 Å². The van der Waals surface area contributed by atoms with Gasteiger partial charge < -0.3 is 10.8 Å². The van der Waals surface area contributed by atoms with Crippen LogP contribution in [0.5, 0.6) is 0 Å². The van der Waals surface area contributed by atoms with E-state index in [0.717, 1.165) is 6.54 Å². The van der Waals surface area contributed by atoms with Gasteiger partial charge in [-0.1, -0.05) is 12.8 Å². The maximum Gasteiger partial charge on any atom is 0.0594 e. The second-order valence-electron chi connectivity index (χ2n) is 5.65. The van der Waals surface area contributed by atoms with Crippen LogP contribution in [0.15, 0.2) is 12.1 Å². The van der Waals surface area contributed by atoms with Crippen LogP contribution in [0.1, 0.15) is 48.4 Å². The molecule has 1 fully saturated rings. The first-order chi connectivity index (χ1) is 9.13. The highest BCUT2D eigenvalue weighted by Crippen LogP contribution is 2.35. The lowest BCUT2D eigenvalue weighted by Crippen LogP contribution is -2.45. The van der Waals surface area contributed by atoms with E-state index in [1.165, 1.54) is 35.4 Å². The number of hydrogen-bond acceptors (Lipinski definition) is 4. The van der Waals surface area contributed by atoms with E-state index < -0.39 is 0 Å². The lowest BCUT2D eigenvalue weighted by atomic mass is 10.0. The number of hydrogen-bond donors (Lipinski definition) is 2. The minimum Gasteiger partial charge on any atom is -0.395 e. The summed E-state index contributed by atoms with van der Waals surface area (Å²) in [6, 6.07) is 5.29. The molecule has 2 unspecified atom stereocenters. The first kappa shape index (κ1) is 15.0. The summed E-state index contributed by atoms with van der Waals surface area (Å²) in [5, 5.41) is 9.40. The minimum absolute atomic E-state index is 0.0881. The van der Waals surface area contributed by atoms with Crippen molar-refractivity contribution in [2.24, 2.45) is 5.73 Å². The number of nitrogens with zero attached hydrogens (tertiary/aromatic N) is 1. The summed E-state index contributed by atoms with van der Waals surface area (Å²) in [6.45, 7) is 5.16. The van der Waals surface area contributed by atoms with Gasteiger partial charge in [0.1, 0.15) is 0 Å². The summed E-state index contributed by atoms with van der Waals surface area (Å²) < 4.78 is 0. The Morgan fingerprint density at radius 3 is 2.58 bits per heavy atom. The lowest BCUT2D eigenvalue weighted by Gasteiger charge is -2.37. The molecule has 1 saturated carbocycles. The molecule has 0 radical (unpaired) electrons. The van der Waals surface area contributed by atoms with Gasteiger partial charge in [-0.3, -0.25) is 4.90 Å². The Morgan fingerprint density at radius 1 is 1.42 bits per heavy atom. The van der Waals surface area contributed by atoms with Gasteiger partial charge in [0, 0.05) is 28.4 Å². The van der Waals surface area contributed by atoms with E-state index in [2.05, 4.69) is 30.9 Å². The number of aliphatic hydroxyl groups is 1. The van der Waals surface area contributed by atoms with Crippen molar-refractivity contribution < 1.29 is 5.11 Å². The molecule has 0 saturated heterocycles. The van der Waals surface area contributed by atoms with Gasteiger partial charge in [0.15, 0.2) is 0 Å². The summed E-state index contributed by atoms with van der Waals surface area (Å²) >= 11 is 1.83. The molecule has 0 aromatic carbocycles. The highest BCUT2D eigenvalue weighted by Gasteiger charge is 2.32. The second-order valence-corrected chi connectivity index (χ2v) is 6.97. The molecule has 1 aliphatic carbocycles. The third-order valence-electron chi connectivity index (χ3n) is 4.06. The maximum atomic E-state index is 9.40. The smallest absolute Gasteiger partial charge is 0.0594 e. The average molecular weight is 282 g/mol. The van der Waals surface area contributed by atoms with Crippen LogP contribution in [-0.2, 0) is 0 Å². The summed E-state index contributed by atoms with van der Waals surface area (Å²) in [5.74, 6) is 0. The predicted octanol–water partition coefficient (Wildman–Crippen LogP) is 2.68. The Balaban J connectivity index is 2.23. The number of aryl methyl sites for hydroxylation is 1. The first-order valence-electron chi connectivity index (χ1n) is 7.32. The SMILES string of the molecule is Cc1ccc(C(C(C)N)N(CCO)C2CCCC2)s1. The van der Waals surface area contributed by atoms with Crippen molar-refractivity contribution in [2.45, 2.75) is 57.7 Å². The molecule has 1 aliphatic rings. The van der Waals surface area contributed by atoms with Crippen LogP contribution in [0.25, 0.3) is 0 Å². The monoisotopic (exact) mass is 282 g/mol. The number of nitrogens with two attached hydrogens (primary N) is 1. The van der Waals surface area contributed by atoms with Crippen molar-refractivity contribution in [3.8, 4) is 0 Å². The maximum absolute atomic E-state index is 9.40. The summed E-state index contributed by atoms with van der Waals surface area (Å²) in [4.78, 5) is 5.12. The molecule has 2 atom stereocenters. The fourth-order valence-electron chi connectivity index (χ4n) is 3.24. The van der Waals surface area contributed by atoms with Crippen molar-refractivity contribution in [1.29, 1.82) is 0 Å². The standard InChI is InChI=1S/C15H26N2OS/c1-11-7-8-14(19-11)15(12(2)16)17(9-10-18)13-5-3-4-6-13/h7-8,12-13,15,18H,3-6,9-10,16H2,1-2H3. The van der Waals surface area contributed by atoms with E-state index >= 15 is 0 Å². The molecular formula is C15H26N2OS. The number of aliphatic hydroxyl groups excluding tert-OH is 1. The average Bonchev–Trinajstić information content (AvgIpc) is 2.99. The normalized spacial score (nSPS) is 20.1. The zero-order valence-corrected chi connectivity index (χ0v) is 12.8.